The van der Waals surface area contributed by atoms with Crippen molar-refractivity contribution in [3.8, 4) is 0 Å². The van der Waals surface area contributed by atoms with Crippen molar-refractivity contribution >= 4 is 24.5 Å². The molecule has 29 heavy (non-hydrogen) atoms. The van der Waals surface area contributed by atoms with E-state index in [2.05, 4.69) is 79.6 Å². The number of nitrogens with one attached hydrogen (secondary N) is 1. The maximum absolute atomic E-state index is 11.6. The van der Waals surface area contributed by atoms with E-state index >= 15 is 0 Å². The number of thiol groups is 1. The zero-order valence-corrected chi connectivity index (χ0v) is 18.3. The summed E-state index contributed by atoms with van der Waals surface area (Å²) in [5.41, 5.74) is 0. The molecule has 0 aromatic heterocycles. The van der Waals surface area contributed by atoms with Crippen LogP contribution in [0.25, 0.3) is 0 Å². The summed E-state index contributed by atoms with van der Waals surface area (Å²) in [7, 11) is 0. The third kappa shape index (κ3) is 18.8. The van der Waals surface area contributed by atoms with Gasteiger partial charge in [-0.05, 0) is 38.5 Å². The molecule has 0 aromatic carbocycles. The summed E-state index contributed by atoms with van der Waals surface area (Å²) < 4.78 is 0. The smallest absolute Gasteiger partial charge is 0.327 e. The van der Waals surface area contributed by atoms with Crippen LogP contribution in [0.2, 0.25) is 0 Å². The molecule has 0 fully saturated rings. The fourth-order valence-electron chi connectivity index (χ4n) is 2.15. The number of rotatable bonds is 16. The Hall–Kier alpha value is -2.27. The van der Waals surface area contributed by atoms with Gasteiger partial charge >= 0.3 is 5.97 Å². The maximum Gasteiger partial charge on any atom is 0.327 e. The number of carboxylic acids is 1. The van der Waals surface area contributed by atoms with E-state index in [9.17, 15) is 9.59 Å². The average molecular weight is 418 g/mol. The van der Waals surface area contributed by atoms with E-state index in [0.29, 0.717) is 0 Å². The Kier molecular flexibility index (Phi) is 18.9. The van der Waals surface area contributed by atoms with Gasteiger partial charge in [0.05, 0.1) is 0 Å². The van der Waals surface area contributed by atoms with E-state index in [0.717, 1.165) is 38.5 Å². The predicted octanol–water partition coefficient (Wildman–Crippen LogP) is 5.57. The van der Waals surface area contributed by atoms with Gasteiger partial charge in [-0.1, -0.05) is 79.8 Å². The Morgan fingerprint density at radius 1 is 0.759 bits per heavy atom. The second-order valence-electron chi connectivity index (χ2n) is 6.26. The van der Waals surface area contributed by atoms with Gasteiger partial charge in [-0.2, -0.15) is 12.6 Å². The zero-order valence-electron chi connectivity index (χ0n) is 17.4. The van der Waals surface area contributed by atoms with Gasteiger partial charge in [0.2, 0.25) is 5.91 Å². The van der Waals surface area contributed by atoms with Crippen LogP contribution in [0.5, 0.6) is 0 Å². The summed E-state index contributed by atoms with van der Waals surface area (Å²) in [5.74, 6) is -1.31. The number of carbonyl (C=O) groups is 2. The molecule has 160 valence electrons. The third-order valence-corrected chi connectivity index (χ3v) is 4.08. The Morgan fingerprint density at radius 3 is 1.48 bits per heavy atom. The number of aliphatic carboxylic acids is 1. The van der Waals surface area contributed by atoms with Crippen LogP contribution >= 0.6 is 12.6 Å². The number of hydrogen-bond acceptors (Lipinski definition) is 3. The summed E-state index contributed by atoms with van der Waals surface area (Å²) in [4.78, 5) is 22.4. The normalized spacial score (nSPS) is 13.7. The van der Waals surface area contributed by atoms with Gasteiger partial charge in [0.1, 0.15) is 6.04 Å². The van der Waals surface area contributed by atoms with Crippen LogP contribution in [0, 0.1) is 0 Å². The molecule has 0 aliphatic carbocycles. The second-order valence-corrected chi connectivity index (χ2v) is 6.63. The monoisotopic (exact) mass is 417 g/mol. The lowest BCUT2D eigenvalue weighted by Crippen LogP contribution is -2.41. The largest absolute Gasteiger partial charge is 0.480 e. The Morgan fingerprint density at radius 2 is 1.14 bits per heavy atom. The van der Waals surface area contributed by atoms with Gasteiger partial charge in [0, 0.05) is 12.2 Å². The molecule has 0 aliphatic rings. The van der Waals surface area contributed by atoms with Crippen molar-refractivity contribution in [3.63, 3.8) is 0 Å². The molecule has 0 bridgehead atoms. The van der Waals surface area contributed by atoms with Gasteiger partial charge in [-0.15, -0.1) is 0 Å². The van der Waals surface area contributed by atoms with Crippen LogP contribution in [0.15, 0.2) is 72.9 Å². The SMILES string of the molecule is CCC=CCC=CCC=CCC=CCC=CCC=CCC(=O)N[C@H](CS)C(=O)O. The van der Waals surface area contributed by atoms with Gasteiger partial charge in [-0.3, -0.25) is 4.79 Å². The molecule has 1 atom stereocenters. The average Bonchev–Trinajstić information content (AvgIpc) is 2.70. The molecule has 0 saturated carbocycles. The zero-order chi connectivity index (χ0) is 21.6. The van der Waals surface area contributed by atoms with Gasteiger partial charge in [-0.25, -0.2) is 4.79 Å². The number of allylic oxidation sites excluding steroid dienone is 11. The Balaban J connectivity index is 3.74. The molecule has 0 rings (SSSR count). The fourth-order valence-corrected chi connectivity index (χ4v) is 2.40. The molecule has 0 radical (unpaired) electrons. The summed E-state index contributed by atoms with van der Waals surface area (Å²) in [6, 6.07) is -0.940. The molecule has 0 spiro atoms. The highest BCUT2D eigenvalue weighted by Crippen LogP contribution is 1.97. The quantitative estimate of drug-likeness (QED) is 0.227. The van der Waals surface area contributed by atoms with Crippen molar-refractivity contribution in [1.29, 1.82) is 0 Å². The molecule has 0 heterocycles. The molecule has 2 N–H and O–H groups in total. The first-order valence-corrected chi connectivity index (χ1v) is 10.8. The molecular weight excluding hydrogens is 382 g/mol. The highest BCUT2D eigenvalue weighted by Gasteiger charge is 2.16. The van der Waals surface area contributed by atoms with Crippen molar-refractivity contribution in [2.45, 2.75) is 57.9 Å². The van der Waals surface area contributed by atoms with Crippen molar-refractivity contribution in [2.24, 2.45) is 0 Å². The van der Waals surface area contributed by atoms with Crippen LogP contribution in [0.4, 0.5) is 0 Å². The standard InChI is InChI=1S/C24H35NO3S/c1-2-3-4-5-6-7-8-9-10-11-12-13-14-15-16-17-18-19-20-23(26)25-22(21-29)24(27)28/h3-4,6-7,9-10,12-13,15-16,18-19,22,29H,2,5,8,11,14,17,20-21H2,1H3,(H,25,26)(H,27,28)/t22-/m1/s1. The highest BCUT2D eigenvalue weighted by atomic mass is 32.1. The molecule has 0 unspecified atom stereocenters. The molecule has 0 saturated heterocycles. The lowest BCUT2D eigenvalue weighted by Gasteiger charge is -2.10. The van der Waals surface area contributed by atoms with Crippen LogP contribution < -0.4 is 5.32 Å². The molecule has 0 aliphatic heterocycles. The summed E-state index contributed by atoms with van der Waals surface area (Å²) in [6.45, 7) is 2.14. The number of amides is 1. The lowest BCUT2D eigenvalue weighted by molar-refractivity contribution is -0.140. The summed E-state index contributed by atoms with van der Waals surface area (Å²) in [6.07, 6.45) is 30.9. The minimum atomic E-state index is -1.07. The Labute approximate surface area is 181 Å². The van der Waals surface area contributed by atoms with E-state index < -0.39 is 12.0 Å². The van der Waals surface area contributed by atoms with Crippen molar-refractivity contribution in [3.05, 3.63) is 72.9 Å². The molecule has 4 nitrogen and oxygen atoms in total. The molecule has 0 aromatic rings. The number of carboxylic acid groups (broad SMARTS) is 1. The highest BCUT2D eigenvalue weighted by molar-refractivity contribution is 7.80. The van der Waals surface area contributed by atoms with E-state index in [1.54, 1.807) is 6.08 Å². The van der Waals surface area contributed by atoms with Gasteiger partial charge < -0.3 is 10.4 Å². The van der Waals surface area contributed by atoms with Crippen molar-refractivity contribution < 1.29 is 14.7 Å². The van der Waals surface area contributed by atoms with Crippen LogP contribution in [-0.2, 0) is 9.59 Å². The minimum Gasteiger partial charge on any atom is -0.480 e. The van der Waals surface area contributed by atoms with E-state index in [1.807, 2.05) is 12.2 Å². The van der Waals surface area contributed by atoms with Gasteiger partial charge in [0.15, 0.2) is 0 Å². The van der Waals surface area contributed by atoms with E-state index in [-0.39, 0.29) is 18.1 Å². The molecule has 5 heteroatoms. The minimum absolute atomic E-state index is 0.0742. The predicted molar refractivity (Wildman–Crippen MR) is 126 cm³/mol. The molecule has 1 amide bonds. The van der Waals surface area contributed by atoms with Crippen molar-refractivity contribution in [2.75, 3.05) is 5.75 Å². The summed E-state index contributed by atoms with van der Waals surface area (Å²) >= 11 is 3.90. The maximum atomic E-state index is 11.6. The first-order valence-electron chi connectivity index (χ1n) is 10.1. The fraction of sp³-hybridized carbons (Fsp3) is 0.417. The molecular formula is C24H35NO3S. The number of hydrogen-bond donors (Lipinski definition) is 3. The third-order valence-electron chi connectivity index (χ3n) is 3.72. The summed E-state index contributed by atoms with van der Waals surface area (Å²) in [5, 5.41) is 11.3. The topological polar surface area (TPSA) is 66.4 Å². The van der Waals surface area contributed by atoms with Gasteiger partial charge in [0.25, 0.3) is 0 Å². The van der Waals surface area contributed by atoms with Crippen LogP contribution in [-0.4, -0.2) is 28.8 Å². The van der Waals surface area contributed by atoms with E-state index in [1.165, 1.54) is 0 Å². The Bertz CT molecular complexity index is 616. The first-order chi connectivity index (χ1) is 14.1. The second kappa shape index (κ2) is 20.5. The van der Waals surface area contributed by atoms with Crippen LogP contribution in [0.1, 0.15) is 51.9 Å². The first kappa shape index (κ1) is 26.7. The lowest BCUT2D eigenvalue weighted by atomic mass is 10.2. The van der Waals surface area contributed by atoms with Crippen molar-refractivity contribution in [1.82, 2.24) is 5.32 Å². The van der Waals surface area contributed by atoms with E-state index in [4.69, 9.17) is 5.11 Å². The van der Waals surface area contributed by atoms with Crippen LogP contribution in [0.3, 0.4) is 0 Å². The number of carbonyl (C=O) groups excluding carboxylic acids is 1.